The first-order chi connectivity index (χ1) is 9.57. The number of rotatable bonds is 2. The van der Waals surface area contributed by atoms with Crippen LogP contribution in [0.5, 0.6) is 0 Å². The first kappa shape index (κ1) is 12.9. The molecule has 0 bridgehead atoms. The summed E-state index contributed by atoms with van der Waals surface area (Å²) in [6.45, 7) is 0. The van der Waals surface area contributed by atoms with E-state index in [4.69, 9.17) is 0 Å². The lowest BCUT2D eigenvalue weighted by molar-refractivity contribution is 0.602. The summed E-state index contributed by atoms with van der Waals surface area (Å²) in [5.41, 5.74) is 1.27. The Morgan fingerprint density at radius 2 is 2.15 bits per heavy atom. The van der Waals surface area contributed by atoms with Crippen LogP contribution in [0.25, 0.3) is 10.9 Å². The Hall–Kier alpha value is -2.13. The van der Waals surface area contributed by atoms with Gasteiger partial charge in [-0.15, -0.1) is 0 Å². The van der Waals surface area contributed by atoms with E-state index in [2.05, 4.69) is 16.4 Å². The minimum atomic E-state index is -2.93. The number of fused-ring (bicyclic) bond motifs is 1. The number of nitrogens with one attached hydrogen (secondary N) is 1. The van der Waals surface area contributed by atoms with E-state index < -0.39 is 9.84 Å². The molecule has 2 aromatic rings. The zero-order valence-corrected chi connectivity index (χ0v) is 11.5. The number of para-hydroxylation sites is 1. The number of hydrogen-bond donors (Lipinski definition) is 1. The van der Waals surface area contributed by atoms with Crippen molar-refractivity contribution in [1.29, 1.82) is 5.26 Å². The third-order valence-corrected chi connectivity index (χ3v) is 5.19. The second-order valence-corrected chi connectivity index (χ2v) is 7.16. The Morgan fingerprint density at radius 1 is 1.35 bits per heavy atom. The Bertz CT molecular complexity index is 809. The molecule has 1 fully saturated rings. The van der Waals surface area contributed by atoms with Crippen molar-refractivity contribution >= 4 is 26.6 Å². The molecule has 102 valence electrons. The van der Waals surface area contributed by atoms with E-state index in [1.54, 1.807) is 6.07 Å². The van der Waals surface area contributed by atoms with Gasteiger partial charge < -0.3 is 5.32 Å². The lowest BCUT2D eigenvalue weighted by atomic mass is 10.1. The average molecular weight is 287 g/mol. The molecule has 2 heterocycles. The van der Waals surface area contributed by atoms with E-state index in [0.29, 0.717) is 17.8 Å². The van der Waals surface area contributed by atoms with Crippen molar-refractivity contribution < 1.29 is 8.42 Å². The molecule has 20 heavy (non-hydrogen) atoms. The fraction of sp³-hybridized carbons (Fsp3) is 0.286. The highest BCUT2D eigenvalue weighted by Crippen LogP contribution is 2.22. The SMILES string of the molecule is N#Cc1cc(NC2CCS(=O)(=O)C2)nc2ccccc12. The monoisotopic (exact) mass is 287 g/mol. The Balaban J connectivity index is 1.95. The number of aromatic nitrogens is 1. The zero-order chi connectivity index (χ0) is 14.2. The van der Waals surface area contributed by atoms with Crippen LogP contribution in [-0.4, -0.2) is 30.9 Å². The van der Waals surface area contributed by atoms with E-state index in [0.717, 1.165) is 10.9 Å². The molecular weight excluding hydrogens is 274 g/mol. The summed E-state index contributed by atoms with van der Waals surface area (Å²) in [5.74, 6) is 0.898. The maximum atomic E-state index is 11.5. The van der Waals surface area contributed by atoms with Crippen LogP contribution >= 0.6 is 0 Å². The number of sulfone groups is 1. The normalized spacial score (nSPS) is 20.6. The average Bonchev–Trinajstić information content (AvgIpc) is 2.77. The lowest BCUT2D eigenvalue weighted by Gasteiger charge is -2.12. The minimum Gasteiger partial charge on any atom is -0.366 e. The topological polar surface area (TPSA) is 82.9 Å². The van der Waals surface area contributed by atoms with Gasteiger partial charge in [0, 0.05) is 11.4 Å². The number of nitrogens with zero attached hydrogens (tertiary/aromatic N) is 2. The van der Waals surface area contributed by atoms with Gasteiger partial charge in [-0.3, -0.25) is 0 Å². The summed E-state index contributed by atoms with van der Waals surface area (Å²) in [6.07, 6.45) is 0.582. The molecule has 5 nitrogen and oxygen atoms in total. The molecule has 1 aliphatic rings. The van der Waals surface area contributed by atoms with Gasteiger partial charge in [0.2, 0.25) is 0 Å². The van der Waals surface area contributed by atoms with E-state index in [1.807, 2.05) is 24.3 Å². The van der Waals surface area contributed by atoms with Gasteiger partial charge >= 0.3 is 0 Å². The second-order valence-electron chi connectivity index (χ2n) is 4.93. The molecule has 0 aliphatic carbocycles. The van der Waals surface area contributed by atoms with Crippen molar-refractivity contribution in [1.82, 2.24) is 4.98 Å². The summed E-state index contributed by atoms with van der Waals surface area (Å²) in [6, 6.07) is 11.1. The number of pyridine rings is 1. The van der Waals surface area contributed by atoms with Gasteiger partial charge in [0.1, 0.15) is 5.82 Å². The Morgan fingerprint density at radius 3 is 2.85 bits per heavy atom. The highest BCUT2D eigenvalue weighted by Gasteiger charge is 2.28. The van der Waals surface area contributed by atoms with E-state index in [9.17, 15) is 13.7 Å². The molecule has 1 aromatic carbocycles. The van der Waals surface area contributed by atoms with E-state index in [-0.39, 0.29) is 17.5 Å². The number of hydrogen-bond acceptors (Lipinski definition) is 5. The quantitative estimate of drug-likeness (QED) is 0.909. The van der Waals surface area contributed by atoms with Gasteiger partial charge in [-0.2, -0.15) is 5.26 Å². The smallest absolute Gasteiger partial charge is 0.152 e. The molecule has 0 spiro atoms. The highest BCUT2D eigenvalue weighted by atomic mass is 32.2. The van der Waals surface area contributed by atoms with Crippen molar-refractivity contribution in [2.45, 2.75) is 12.5 Å². The van der Waals surface area contributed by atoms with Gasteiger partial charge in [0.05, 0.1) is 28.7 Å². The van der Waals surface area contributed by atoms with E-state index in [1.165, 1.54) is 0 Å². The molecule has 1 N–H and O–H groups in total. The van der Waals surface area contributed by atoms with Gasteiger partial charge in [0.25, 0.3) is 0 Å². The van der Waals surface area contributed by atoms with Gasteiger partial charge in [-0.05, 0) is 18.6 Å². The molecule has 6 heteroatoms. The molecule has 1 unspecified atom stereocenters. The molecule has 0 radical (unpaired) electrons. The third-order valence-electron chi connectivity index (χ3n) is 3.42. The molecule has 3 rings (SSSR count). The maximum absolute atomic E-state index is 11.5. The number of nitriles is 1. The summed E-state index contributed by atoms with van der Waals surface area (Å²) < 4.78 is 22.9. The predicted octanol–water partition coefficient (Wildman–Crippen LogP) is 1.71. The molecule has 1 aromatic heterocycles. The fourth-order valence-corrected chi connectivity index (χ4v) is 4.13. The first-order valence-corrected chi connectivity index (χ1v) is 8.16. The van der Waals surface area contributed by atoms with Crippen molar-refractivity contribution in [3.05, 3.63) is 35.9 Å². The van der Waals surface area contributed by atoms with Crippen molar-refractivity contribution in [2.24, 2.45) is 0 Å². The van der Waals surface area contributed by atoms with Crippen LogP contribution in [0.1, 0.15) is 12.0 Å². The van der Waals surface area contributed by atoms with Crippen LogP contribution in [0, 0.1) is 11.3 Å². The van der Waals surface area contributed by atoms with Crippen molar-refractivity contribution in [3.63, 3.8) is 0 Å². The van der Waals surface area contributed by atoms with Crippen LogP contribution in [0.2, 0.25) is 0 Å². The summed E-state index contributed by atoms with van der Waals surface area (Å²) >= 11 is 0. The molecule has 0 saturated carbocycles. The molecule has 1 atom stereocenters. The maximum Gasteiger partial charge on any atom is 0.152 e. The first-order valence-electron chi connectivity index (χ1n) is 6.34. The van der Waals surface area contributed by atoms with Crippen molar-refractivity contribution in [2.75, 3.05) is 16.8 Å². The third kappa shape index (κ3) is 2.45. The van der Waals surface area contributed by atoms with Gasteiger partial charge in [0.15, 0.2) is 9.84 Å². The number of benzene rings is 1. The van der Waals surface area contributed by atoms with Crippen LogP contribution in [0.4, 0.5) is 5.82 Å². The Labute approximate surface area is 117 Å². The largest absolute Gasteiger partial charge is 0.366 e. The van der Waals surface area contributed by atoms with Crippen molar-refractivity contribution in [3.8, 4) is 6.07 Å². The highest BCUT2D eigenvalue weighted by molar-refractivity contribution is 7.91. The summed E-state index contributed by atoms with van der Waals surface area (Å²) in [7, 11) is -2.93. The van der Waals surface area contributed by atoms with E-state index >= 15 is 0 Å². The Kier molecular flexibility index (Phi) is 3.07. The molecule has 1 aliphatic heterocycles. The number of anilines is 1. The van der Waals surface area contributed by atoms with Crippen LogP contribution in [0.3, 0.4) is 0 Å². The molecule has 0 amide bonds. The molecule has 1 saturated heterocycles. The summed E-state index contributed by atoms with van der Waals surface area (Å²) in [4.78, 5) is 4.44. The minimum absolute atomic E-state index is 0.125. The zero-order valence-electron chi connectivity index (χ0n) is 10.7. The van der Waals surface area contributed by atoms with Gasteiger partial charge in [-0.25, -0.2) is 13.4 Å². The summed E-state index contributed by atoms with van der Waals surface area (Å²) in [5, 5.41) is 13.1. The standard InChI is InChI=1S/C14H13N3O2S/c15-8-10-7-14(16-11-5-6-20(18,19)9-11)17-13-4-2-1-3-12(10)13/h1-4,7,11H,5-6,9H2,(H,16,17). The van der Waals surface area contributed by atoms with Crippen LogP contribution in [-0.2, 0) is 9.84 Å². The van der Waals surface area contributed by atoms with Gasteiger partial charge in [-0.1, -0.05) is 18.2 Å². The predicted molar refractivity (Wildman–Crippen MR) is 77.1 cm³/mol. The lowest BCUT2D eigenvalue weighted by Crippen LogP contribution is -2.21. The fourth-order valence-electron chi connectivity index (χ4n) is 2.46. The second kappa shape index (κ2) is 4.76. The van der Waals surface area contributed by atoms with Crippen LogP contribution < -0.4 is 5.32 Å². The van der Waals surface area contributed by atoms with Crippen LogP contribution in [0.15, 0.2) is 30.3 Å². The molecular formula is C14H13N3O2S.